The SMILES string of the molecule is CN(NC(=O)OC(C)(C)C)C(C)(C)C/C=C/C(=O)O. The van der Waals surface area contributed by atoms with Crippen molar-refractivity contribution < 1.29 is 19.4 Å². The van der Waals surface area contributed by atoms with E-state index in [0.717, 1.165) is 6.08 Å². The van der Waals surface area contributed by atoms with Crippen LogP contribution in [0.4, 0.5) is 4.79 Å². The van der Waals surface area contributed by atoms with Gasteiger partial charge in [-0.25, -0.2) is 14.6 Å². The minimum Gasteiger partial charge on any atom is -0.478 e. The summed E-state index contributed by atoms with van der Waals surface area (Å²) >= 11 is 0. The third kappa shape index (κ3) is 8.20. The number of nitrogens with one attached hydrogen (secondary N) is 1. The lowest BCUT2D eigenvalue weighted by molar-refractivity contribution is -0.131. The molecule has 0 radical (unpaired) electrons. The zero-order valence-electron chi connectivity index (χ0n) is 12.5. The fourth-order valence-electron chi connectivity index (χ4n) is 1.17. The van der Waals surface area contributed by atoms with Gasteiger partial charge in [-0.2, -0.15) is 0 Å². The van der Waals surface area contributed by atoms with E-state index >= 15 is 0 Å². The van der Waals surface area contributed by atoms with Gasteiger partial charge in [-0.15, -0.1) is 0 Å². The Morgan fingerprint density at radius 3 is 2.21 bits per heavy atom. The number of ether oxygens (including phenoxy) is 1. The largest absolute Gasteiger partial charge is 0.478 e. The molecule has 0 aliphatic carbocycles. The van der Waals surface area contributed by atoms with Crippen LogP contribution in [0.2, 0.25) is 0 Å². The standard InChI is InChI=1S/C13H24N2O4/c1-12(2,3)19-11(18)14-15(6)13(4,5)9-7-8-10(16)17/h7-8H,9H2,1-6H3,(H,14,18)(H,16,17)/b8-7+. The lowest BCUT2D eigenvalue weighted by atomic mass is 10.00. The Labute approximate surface area is 114 Å². The third-order valence-electron chi connectivity index (χ3n) is 2.44. The predicted molar refractivity (Wildman–Crippen MR) is 72.6 cm³/mol. The first-order valence-corrected chi connectivity index (χ1v) is 6.07. The molecule has 0 heterocycles. The summed E-state index contributed by atoms with van der Waals surface area (Å²) in [7, 11) is 1.71. The number of aliphatic carboxylic acids is 1. The molecular formula is C13H24N2O4. The van der Waals surface area contributed by atoms with Crippen molar-refractivity contribution in [1.29, 1.82) is 0 Å². The Morgan fingerprint density at radius 2 is 1.79 bits per heavy atom. The molecule has 0 aromatic heterocycles. The number of hydrogen-bond acceptors (Lipinski definition) is 4. The van der Waals surface area contributed by atoms with E-state index in [1.54, 1.807) is 38.9 Å². The van der Waals surface area contributed by atoms with Crippen LogP contribution in [-0.2, 0) is 9.53 Å². The van der Waals surface area contributed by atoms with E-state index in [2.05, 4.69) is 5.43 Å². The molecule has 2 N–H and O–H groups in total. The molecule has 0 fully saturated rings. The highest BCUT2D eigenvalue weighted by molar-refractivity contribution is 5.79. The van der Waals surface area contributed by atoms with Gasteiger partial charge in [-0.1, -0.05) is 6.08 Å². The van der Waals surface area contributed by atoms with Gasteiger partial charge in [0, 0.05) is 18.7 Å². The van der Waals surface area contributed by atoms with E-state index in [4.69, 9.17) is 9.84 Å². The zero-order chi connectivity index (χ0) is 15.3. The predicted octanol–water partition coefficient (Wildman–Crippen LogP) is 2.17. The smallest absolute Gasteiger partial charge is 0.422 e. The molecule has 6 heteroatoms. The molecule has 0 saturated carbocycles. The van der Waals surface area contributed by atoms with Crippen molar-refractivity contribution in [2.45, 2.75) is 52.2 Å². The molecular weight excluding hydrogens is 248 g/mol. The molecule has 0 bridgehead atoms. The highest BCUT2D eigenvalue weighted by Gasteiger charge is 2.25. The lowest BCUT2D eigenvalue weighted by Crippen LogP contribution is -2.52. The summed E-state index contributed by atoms with van der Waals surface area (Å²) in [5.74, 6) is -0.987. The Balaban J connectivity index is 4.42. The quantitative estimate of drug-likeness (QED) is 0.592. The number of amides is 1. The topological polar surface area (TPSA) is 78.9 Å². The number of carboxylic acid groups (broad SMARTS) is 1. The molecule has 0 unspecified atom stereocenters. The molecule has 0 rings (SSSR count). The molecule has 1 amide bonds. The molecule has 0 aromatic carbocycles. The second-order valence-electron chi connectivity index (χ2n) is 5.93. The van der Waals surface area contributed by atoms with E-state index in [-0.39, 0.29) is 0 Å². The number of nitrogens with zero attached hydrogens (tertiary/aromatic N) is 1. The number of carbonyl (C=O) groups is 2. The Morgan fingerprint density at radius 1 is 1.26 bits per heavy atom. The molecule has 0 aromatic rings. The monoisotopic (exact) mass is 272 g/mol. The van der Waals surface area contributed by atoms with Gasteiger partial charge in [0.05, 0.1) is 0 Å². The van der Waals surface area contributed by atoms with Gasteiger partial charge in [0.25, 0.3) is 0 Å². The summed E-state index contributed by atoms with van der Waals surface area (Å²) in [5, 5.41) is 10.1. The van der Waals surface area contributed by atoms with Crippen LogP contribution in [0.5, 0.6) is 0 Å². The van der Waals surface area contributed by atoms with Crippen molar-refractivity contribution in [1.82, 2.24) is 10.4 Å². The summed E-state index contributed by atoms with van der Waals surface area (Å²) in [6, 6.07) is 0. The van der Waals surface area contributed by atoms with Crippen molar-refractivity contribution in [2.24, 2.45) is 0 Å². The van der Waals surface area contributed by atoms with Crippen LogP contribution in [0.1, 0.15) is 41.0 Å². The minimum absolute atomic E-state index is 0.428. The van der Waals surface area contributed by atoms with Crippen LogP contribution in [0, 0.1) is 0 Å². The molecule has 0 aliphatic heterocycles. The third-order valence-corrected chi connectivity index (χ3v) is 2.44. The van der Waals surface area contributed by atoms with Gasteiger partial charge in [0.15, 0.2) is 0 Å². The maximum absolute atomic E-state index is 11.6. The van der Waals surface area contributed by atoms with Gasteiger partial charge in [0.1, 0.15) is 5.60 Å². The van der Waals surface area contributed by atoms with E-state index < -0.39 is 23.2 Å². The number of hydrogen-bond donors (Lipinski definition) is 2. The summed E-state index contributed by atoms with van der Waals surface area (Å²) in [6.07, 6.45) is 2.58. The number of carbonyl (C=O) groups excluding carboxylic acids is 1. The molecule has 19 heavy (non-hydrogen) atoms. The second kappa shape index (κ2) is 6.56. The summed E-state index contributed by atoms with van der Waals surface area (Å²) in [5.41, 5.74) is 1.62. The highest BCUT2D eigenvalue weighted by Crippen LogP contribution is 2.16. The van der Waals surface area contributed by atoms with E-state index in [0.29, 0.717) is 6.42 Å². The molecule has 0 spiro atoms. The van der Waals surface area contributed by atoms with Crippen molar-refractivity contribution in [2.75, 3.05) is 7.05 Å². The Hall–Kier alpha value is -1.56. The maximum Gasteiger partial charge on any atom is 0.422 e. The van der Waals surface area contributed by atoms with Gasteiger partial charge in [0.2, 0.25) is 0 Å². The van der Waals surface area contributed by atoms with Crippen molar-refractivity contribution >= 4 is 12.1 Å². The van der Waals surface area contributed by atoms with Crippen LogP contribution >= 0.6 is 0 Å². The van der Waals surface area contributed by atoms with Crippen LogP contribution in [-0.4, -0.2) is 40.4 Å². The highest BCUT2D eigenvalue weighted by atomic mass is 16.6. The average molecular weight is 272 g/mol. The van der Waals surface area contributed by atoms with Gasteiger partial charge < -0.3 is 9.84 Å². The molecule has 0 saturated heterocycles. The van der Waals surface area contributed by atoms with Crippen molar-refractivity contribution in [3.05, 3.63) is 12.2 Å². The fraction of sp³-hybridized carbons (Fsp3) is 0.692. The first-order chi connectivity index (χ1) is 8.44. The van der Waals surface area contributed by atoms with Gasteiger partial charge in [-0.3, -0.25) is 5.43 Å². The normalized spacial score (nSPS) is 12.8. The van der Waals surface area contributed by atoms with Crippen molar-refractivity contribution in [3.8, 4) is 0 Å². The molecule has 6 nitrogen and oxygen atoms in total. The zero-order valence-corrected chi connectivity index (χ0v) is 12.5. The number of hydrazine groups is 1. The summed E-state index contributed by atoms with van der Waals surface area (Å²) in [4.78, 5) is 22.0. The van der Waals surface area contributed by atoms with Crippen LogP contribution < -0.4 is 5.43 Å². The first kappa shape index (κ1) is 17.4. The van der Waals surface area contributed by atoms with E-state index in [1.807, 2.05) is 13.8 Å². The summed E-state index contributed by atoms with van der Waals surface area (Å²) in [6.45, 7) is 9.13. The van der Waals surface area contributed by atoms with Crippen LogP contribution in [0.25, 0.3) is 0 Å². The van der Waals surface area contributed by atoms with Crippen LogP contribution in [0.3, 0.4) is 0 Å². The maximum atomic E-state index is 11.6. The van der Waals surface area contributed by atoms with Crippen molar-refractivity contribution in [3.63, 3.8) is 0 Å². The Kier molecular flexibility index (Phi) is 6.02. The van der Waals surface area contributed by atoms with Crippen LogP contribution in [0.15, 0.2) is 12.2 Å². The van der Waals surface area contributed by atoms with Gasteiger partial charge in [-0.05, 0) is 41.0 Å². The minimum atomic E-state index is -0.987. The number of carboxylic acids is 1. The number of rotatable bonds is 5. The second-order valence-corrected chi connectivity index (χ2v) is 5.93. The Bertz CT molecular complexity index is 356. The van der Waals surface area contributed by atoms with E-state index in [1.165, 1.54) is 0 Å². The molecule has 0 aliphatic rings. The molecule has 110 valence electrons. The molecule has 0 atom stereocenters. The summed E-state index contributed by atoms with van der Waals surface area (Å²) < 4.78 is 5.14. The lowest BCUT2D eigenvalue weighted by Gasteiger charge is -2.35. The average Bonchev–Trinajstić information content (AvgIpc) is 2.12. The van der Waals surface area contributed by atoms with Gasteiger partial charge >= 0.3 is 12.1 Å². The fourth-order valence-corrected chi connectivity index (χ4v) is 1.17. The van der Waals surface area contributed by atoms with E-state index in [9.17, 15) is 9.59 Å². The first-order valence-electron chi connectivity index (χ1n) is 6.07.